The molecule has 4 nitrogen and oxygen atoms in total. The van der Waals surface area contributed by atoms with Crippen molar-refractivity contribution in [3.63, 3.8) is 0 Å². The molecular formula is C14H22N2O2. The maximum Gasteiger partial charge on any atom is 0.237 e. The zero-order chi connectivity index (χ0) is 12.8. The van der Waals surface area contributed by atoms with Gasteiger partial charge in [-0.15, -0.1) is 0 Å². The fourth-order valence-corrected chi connectivity index (χ4v) is 5.14. The minimum Gasteiger partial charge on any atom is -0.329 e. The summed E-state index contributed by atoms with van der Waals surface area (Å²) in [7, 11) is 0. The lowest BCUT2D eigenvalue weighted by molar-refractivity contribution is -0.151. The van der Waals surface area contributed by atoms with Gasteiger partial charge in [-0.25, -0.2) is 0 Å². The first-order chi connectivity index (χ1) is 8.66. The molecule has 4 saturated carbocycles. The molecule has 0 atom stereocenters. The van der Waals surface area contributed by atoms with Crippen LogP contribution in [0.4, 0.5) is 0 Å². The number of carbonyl (C=O) groups excluding carboxylic acids is 2. The summed E-state index contributed by atoms with van der Waals surface area (Å²) in [4.78, 5) is 24.8. The minimum atomic E-state index is -0.0518. The van der Waals surface area contributed by atoms with Gasteiger partial charge in [0.1, 0.15) is 6.29 Å². The SMILES string of the molecule is NCC(=O)N(CC=O)C12CC3CC(CC(C3)C1)C2. The third-order valence-corrected chi connectivity index (χ3v) is 5.31. The van der Waals surface area contributed by atoms with Crippen molar-refractivity contribution in [2.45, 2.75) is 44.1 Å². The van der Waals surface area contributed by atoms with Crippen LogP contribution in [-0.2, 0) is 9.59 Å². The van der Waals surface area contributed by atoms with Crippen LogP contribution in [0.25, 0.3) is 0 Å². The van der Waals surface area contributed by atoms with Crippen LogP contribution in [-0.4, -0.2) is 35.7 Å². The Balaban J connectivity index is 1.88. The third-order valence-electron chi connectivity index (χ3n) is 5.31. The van der Waals surface area contributed by atoms with E-state index in [4.69, 9.17) is 5.73 Å². The standard InChI is InChI=1S/C14H22N2O2/c15-9-13(18)16(1-2-17)14-6-10-3-11(7-14)5-12(4-10)8-14/h2,10-12H,1,3-9,15H2. The zero-order valence-corrected chi connectivity index (χ0v) is 10.8. The molecule has 0 saturated heterocycles. The Bertz CT molecular complexity index is 332. The molecule has 18 heavy (non-hydrogen) atoms. The first-order valence-electron chi connectivity index (χ1n) is 7.11. The minimum absolute atomic E-state index is 0.0234. The van der Waals surface area contributed by atoms with Crippen LogP contribution in [0, 0.1) is 17.8 Å². The van der Waals surface area contributed by atoms with Gasteiger partial charge >= 0.3 is 0 Å². The summed E-state index contributed by atoms with van der Waals surface area (Å²) in [6, 6.07) is 0. The van der Waals surface area contributed by atoms with E-state index in [-0.39, 0.29) is 24.5 Å². The van der Waals surface area contributed by atoms with Crippen LogP contribution in [0.15, 0.2) is 0 Å². The Labute approximate surface area is 108 Å². The lowest BCUT2D eigenvalue weighted by Crippen LogP contribution is -2.62. The summed E-state index contributed by atoms with van der Waals surface area (Å²) >= 11 is 0. The number of aldehydes is 1. The van der Waals surface area contributed by atoms with E-state index in [0.29, 0.717) is 0 Å². The summed E-state index contributed by atoms with van der Waals surface area (Å²) < 4.78 is 0. The van der Waals surface area contributed by atoms with E-state index < -0.39 is 0 Å². The molecule has 2 N–H and O–H groups in total. The molecule has 4 rings (SSSR count). The lowest BCUT2D eigenvalue weighted by Gasteiger charge is -2.60. The van der Waals surface area contributed by atoms with Crippen molar-refractivity contribution in [2.75, 3.05) is 13.1 Å². The normalized spacial score (nSPS) is 40.8. The molecule has 0 spiro atoms. The van der Waals surface area contributed by atoms with Crippen LogP contribution in [0.1, 0.15) is 38.5 Å². The topological polar surface area (TPSA) is 63.4 Å². The van der Waals surface area contributed by atoms with Gasteiger partial charge in [-0.2, -0.15) is 0 Å². The van der Waals surface area contributed by atoms with Gasteiger partial charge in [0, 0.05) is 5.54 Å². The summed E-state index contributed by atoms with van der Waals surface area (Å²) in [6.07, 6.45) is 8.16. The van der Waals surface area contributed by atoms with E-state index in [2.05, 4.69) is 0 Å². The Kier molecular flexibility index (Phi) is 2.93. The summed E-state index contributed by atoms with van der Waals surface area (Å²) in [5.41, 5.74) is 5.48. The van der Waals surface area contributed by atoms with E-state index in [9.17, 15) is 9.59 Å². The Hall–Kier alpha value is -0.900. The molecule has 0 unspecified atom stereocenters. The molecule has 4 aliphatic rings. The van der Waals surface area contributed by atoms with Crippen LogP contribution < -0.4 is 5.73 Å². The fourth-order valence-electron chi connectivity index (χ4n) is 5.14. The van der Waals surface area contributed by atoms with E-state index in [1.54, 1.807) is 0 Å². The highest BCUT2D eigenvalue weighted by molar-refractivity contribution is 5.81. The first kappa shape index (κ1) is 12.2. The molecule has 0 aromatic carbocycles. The van der Waals surface area contributed by atoms with Gasteiger partial charge in [0.25, 0.3) is 0 Å². The second-order valence-corrected chi connectivity index (χ2v) is 6.52. The van der Waals surface area contributed by atoms with E-state index in [1.807, 2.05) is 4.90 Å². The Morgan fingerprint density at radius 3 is 2.06 bits per heavy atom. The molecule has 100 valence electrons. The van der Waals surface area contributed by atoms with Crippen molar-refractivity contribution >= 4 is 12.2 Å². The van der Waals surface area contributed by atoms with Crippen molar-refractivity contribution in [3.05, 3.63) is 0 Å². The molecule has 0 aliphatic heterocycles. The highest BCUT2D eigenvalue weighted by Crippen LogP contribution is 2.57. The van der Waals surface area contributed by atoms with Gasteiger partial charge in [0.05, 0.1) is 13.1 Å². The molecule has 4 aliphatic carbocycles. The number of nitrogens with zero attached hydrogens (tertiary/aromatic N) is 1. The van der Waals surface area contributed by atoms with Crippen LogP contribution in [0.5, 0.6) is 0 Å². The predicted octanol–water partition coefficient (Wildman–Crippen LogP) is 0.941. The first-order valence-corrected chi connectivity index (χ1v) is 7.11. The van der Waals surface area contributed by atoms with Gasteiger partial charge in [-0.1, -0.05) is 0 Å². The quantitative estimate of drug-likeness (QED) is 0.755. The fraction of sp³-hybridized carbons (Fsp3) is 0.857. The number of hydrogen-bond acceptors (Lipinski definition) is 3. The molecule has 1 amide bonds. The predicted molar refractivity (Wildman–Crippen MR) is 67.7 cm³/mol. The van der Waals surface area contributed by atoms with Crippen molar-refractivity contribution in [2.24, 2.45) is 23.5 Å². The number of hydrogen-bond donors (Lipinski definition) is 1. The molecule has 0 radical (unpaired) electrons. The summed E-state index contributed by atoms with van der Waals surface area (Å²) in [5.74, 6) is 2.27. The van der Waals surface area contributed by atoms with Gasteiger partial charge in [-0.3, -0.25) is 4.79 Å². The average molecular weight is 250 g/mol. The molecule has 4 bridgehead atoms. The van der Waals surface area contributed by atoms with Crippen LogP contribution >= 0.6 is 0 Å². The van der Waals surface area contributed by atoms with Gasteiger partial charge in [0.15, 0.2) is 0 Å². The van der Waals surface area contributed by atoms with Crippen molar-refractivity contribution in [1.82, 2.24) is 4.90 Å². The van der Waals surface area contributed by atoms with E-state index in [1.165, 1.54) is 19.3 Å². The van der Waals surface area contributed by atoms with Crippen LogP contribution in [0.2, 0.25) is 0 Å². The lowest BCUT2D eigenvalue weighted by atomic mass is 9.52. The molecule has 0 aromatic rings. The Morgan fingerprint density at radius 1 is 1.17 bits per heavy atom. The molecule has 0 heterocycles. The highest BCUT2D eigenvalue weighted by Gasteiger charge is 2.54. The number of amides is 1. The zero-order valence-electron chi connectivity index (χ0n) is 10.8. The second-order valence-electron chi connectivity index (χ2n) is 6.52. The van der Waals surface area contributed by atoms with Gasteiger partial charge in [0.2, 0.25) is 5.91 Å². The maximum atomic E-state index is 12.1. The Morgan fingerprint density at radius 2 is 1.67 bits per heavy atom. The third kappa shape index (κ3) is 1.78. The van der Waals surface area contributed by atoms with Crippen LogP contribution in [0.3, 0.4) is 0 Å². The molecule has 4 heteroatoms. The van der Waals surface area contributed by atoms with Crippen molar-refractivity contribution in [3.8, 4) is 0 Å². The van der Waals surface area contributed by atoms with Crippen molar-refractivity contribution in [1.29, 1.82) is 0 Å². The maximum absolute atomic E-state index is 12.1. The smallest absolute Gasteiger partial charge is 0.237 e. The van der Waals surface area contributed by atoms with E-state index in [0.717, 1.165) is 43.3 Å². The summed E-state index contributed by atoms with van der Waals surface area (Å²) in [6.45, 7) is 0.248. The van der Waals surface area contributed by atoms with Crippen molar-refractivity contribution < 1.29 is 9.59 Å². The molecule has 4 fully saturated rings. The number of carbonyl (C=O) groups is 2. The molecule has 0 aromatic heterocycles. The summed E-state index contributed by atoms with van der Waals surface area (Å²) in [5, 5.41) is 0. The molecular weight excluding hydrogens is 228 g/mol. The second kappa shape index (κ2) is 4.34. The highest BCUT2D eigenvalue weighted by atomic mass is 16.2. The largest absolute Gasteiger partial charge is 0.329 e. The number of nitrogens with two attached hydrogens (primary N) is 1. The van der Waals surface area contributed by atoms with Gasteiger partial charge < -0.3 is 15.4 Å². The van der Waals surface area contributed by atoms with Gasteiger partial charge in [-0.05, 0) is 56.3 Å². The average Bonchev–Trinajstić information content (AvgIpc) is 2.33. The van der Waals surface area contributed by atoms with E-state index >= 15 is 0 Å². The monoisotopic (exact) mass is 250 g/mol. The number of rotatable bonds is 4.